The molecule has 0 spiro atoms. The van der Waals surface area contributed by atoms with Crippen molar-refractivity contribution >= 4 is 5.91 Å². The van der Waals surface area contributed by atoms with Crippen LogP contribution in [0.5, 0.6) is 0 Å². The molecule has 70 valence electrons. The predicted octanol–water partition coefficient (Wildman–Crippen LogP) is -1.34. The zero-order valence-electron chi connectivity index (χ0n) is 7.03. The van der Waals surface area contributed by atoms with Gasteiger partial charge in [0.2, 0.25) is 0 Å². The SMILES string of the molecule is CCn1c(=O)[nH]cc(C(N)=O)c1=O. The molecule has 0 unspecified atom stereocenters. The van der Waals surface area contributed by atoms with E-state index in [2.05, 4.69) is 4.98 Å². The Hall–Kier alpha value is -1.85. The standard InChI is InChI=1S/C7H9N3O3/c1-2-10-6(12)4(5(8)11)3-9-7(10)13/h3H,2H2,1H3,(H2,8,11)(H,9,13). The first kappa shape index (κ1) is 9.24. The summed E-state index contributed by atoms with van der Waals surface area (Å²) in [6.07, 6.45) is 1.03. The van der Waals surface area contributed by atoms with Gasteiger partial charge in [-0.25, -0.2) is 4.79 Å². The number of nitrogens with one attached hydrogen (secondary N) is 1. The van der Waals surface area contributed by atoms with Crippen LogP contribution in [0, 0.1) is 0 Å². The molecule has 0 saturated carbocycles. The molecule has 0 saturated heterocycles. The Bertz CT molecular complexity index is 443. The molecular weight excluding hydrogens is 174 g/mol. The van der Waals surface area contributed by atoms with Gasteiger partial charge in [0.05, 0.1) is 0 Å². The molecule has 0 aliphatic heterocycles. The van der Waals surface area contributed by atoms with Crippen molar-refractivity contribution in [2.45, 2.75) is 13.5 Å². The highest BCUT2D eigenvalue weighted by Gasteiger charge is 2.09. The number of aromatic nitrogens is 2. The summed E-state index contributed by atoms with van der Waals surface area (Å²) in [5.74, 6) is -0.844. The summed E-state index contributed by atoms with van der Waals surface area (Å²) in [6, 6.07) is 0. The van der Waals surface area contributed by atoms with E-state index in [0.717, 1.165) is 10.8 Å². The maximum atomic E-state index is 11.3. The molecule has 0 aliphatic rings. The van der Waals surface area contributed by atoms with Crippen LogP contribution in [0.1, 0.15) is 17.3 Å². The van der Waals surface area contributed by atoms with Crippen LogP contribution in [-0.4, -0.2) is 15.5 Å². The minimum absolute atomic E-state index is 0.204. The monoisotopic (exact) mass is 183 g/mol. The highest BCUT2D eigenvalue weighted by molar-refractivity contribution is 5.91. The first-order valence-electron chi connectivity index (χ1n) is 3.70. The summed E-state index contributed by atoms with van der Waals surface area (Å²) in [6.45, 7) is 1.83. The zero-order valence-corrected chi connectivity index (χ0v) is 7.03. The van der Waals surface area contributed by atoms with Crippen molar-refractivity contribution in [3.8, 4) is 0 Å². The van der Waals surface area contributed by atoms with Crippen LogP contribution < -0.4 is 17.0 Å². The Morgan fingerprint density at radius 2 is 2.23 bits per heavy atom. The summed E-state index contributed by atoms with van der Waals surface area (Å²) >= 11 is 0. The molecule has 0 aromatic carbocycles. The lowest BCUT2D eigenvalue weighted by atomic mass is 10.3. The van der Waals surface area contributed by atoms with Crippen LogP contribution in [0.2, 0.25) is 0 Å². The van der Waals surface area contributed by atoms with E-state index in [1.807, 2.05) is 0 Å². The molecule has 3 N–H and O–H groups in total. The second-order valence-corrected chi connectivity index (χ2v) is 2.42. The van der Waals surface area contributed by atoms with Gasteiger partial charge in [0, 0.05) is 12.7 Å². The van der Waals surface area contributed by atoms with Gasteiger partial charge in [-0.2, -0.15) is 0 Å². The van der Waals surface area contributed by atoms with Crippen molar-refractivity contribution in [3.05, 3.63) is 32.6 Å². The van der Waals surface area contributed by atoms with Crippen LogP contribution in [0.25, 0.3) is 0 Å². The van der Waals surface area contributed by atoms with Gasteiger partial charge in [-0.1, -0.05) is 0 Å². The van der Waals surface area contributed by atoms with E-state index in [0.29, 0.717) is 0 Å². The maximum absolute atomic E-state index is 11.3. The van der Waals surface area contributed by atoms with E-state index in [4.69, 9.17) is 5.73 Å². The molecule has 1 amide bonds. The Kier molecular flexibility index (Phi) is 2.32. The second-order valence-electron chi connectivity index (χ2n) is 2.42. The Morgan fingerprint density at radius 3 is 2.69 bits per heavy atom. The number of H-pyrrole nitrogens is 1. The first-order chi connectivity index (χ1) is 6.07. The molecule has 0 fully saturated rings. The normalized spacial score (nSPS) is 9.92. The first-order valence-corrected chi connectivity index (χ1v) is 3.70. The summed E-state index contributed by atoms with van der Waals surface area (Å²) in [7, 11) is 0. The summed E-state index contributed by atoms with van der Waals surface area (Å²) in [5.41, 5.74) is 3.51. The highest BCUT2D eigenvalue weighted by Crippen LogP contribution is 1.82. The van der Waals surface area contributed by atoms with Gasteiger partial charge in [0.15, 0.2) is 0 Å². The third-order valence-electron chi connectivity index (χ3n) is 1.64. The minimum atomic E-state index is -0.844. The van der Waals surface area contributed by atoms with E-state index in [-0.39, 0.29) is 12.1 Å². The number of carbonyl (C=O) groups excluding carboxylic acids is 1. The lowest BCUT2D eigenvalue weighted by Gasteiger charge is -2.00. The number of hydrogen-bond acceptors (Lipinski definition) is 3. The van der Waals surface area contributed by atoms with Crippen molar-refractivity contribution in [2.24, 2.45) is 5.73 Å². The van der Waals surface area contributed by atoms with Crippen molar-refractivity contribution in [1.29, 1.82) is 0 Å². The average molecular weight is 183 g/mol. The highest BCUT2D eigenvalue weighted by atomic mass is 16.2. The van der Waals surface area contributed by atoms with Crippen LogP contribution in [0.4, 0.5) is 0 Å². The number of primary amides is 1. The summed E-state index contributed by atoms with van der Waals surface area (Å²) < 4.78 is 0.903. The van der Waals surface area contributed by atoms with Crippen LogP contribution in [-0.2, 0) is 6.54 Å². The topological polar surface area (TPSA) is 97.9 Å². The quantitative estimate of drug-likeness (QED) is 0.593. The van der Waals surface area contributed by atoms with Gasteiger partial charge < -0.3 is 10.7 Å². The van der Waals surface area contributed by atoms with Gasteiger partial charge in [0.1, 0.15) is 5.56 Å². The fraction of sp³-hybridized carbons (Fsp3) is 0.286. The Labute approximate surface area is 73.0 Å². The number of amides is 1. The van der Waals surface area contributed by atoms with Crippen molar-refractivity contribution < 1.29 is 4.79 Å². The molecular formula is C7H9N3O3. The molecule has 6 nitrogen and oxygen atoms in total. The summed E-state index contributed by atoms with van der Waals surface area (Å²) in [5, 5.41) is 0. The number of nitrogens with two attached hydrogens (primary N) is 1. The average Bonchev–Trinajstić information content (AvgIpc) is 2.04. The minimum Gasteiger partial charge on any atom is -0.365 e. The van der Waals surface area contributed by atoms with Crippen LogP contribution >= 0.6 is 0 Å². The Morgan fingerprint density at radius 1 is 1.62 bits per heavy atom. The fourth-order valence-electron chi connectivity index (χ4n) is 0.975. The molecule has 0 atom stereocenters. The number of hydrogen-bond donors (Lipinski definition) is 2. The lowest BCUT2D eigenvalue weighted by molar-refractivity contribution is 0.0997. The van der Waals surface area contributed by atoms with E-state index in [9.17, 15) is 14.4 Å². The van der Waals surface area contributed by atoms with Gasteiger partial charge >= 0.3 is 5.69 Å². The smallest absolute Gasteiger partial charge is 0.328 e. The van der Waals surface area contributed by atoms with Gasteiger partial charge in [-0.3, -0.25) is 14.2 Å². The second kappa shape index (κ2) is 3.26. The maximum Gasteiger partial charge on any atom is 0.328 e. The molecule has 1 rings (SSSR count). The third-order valence-corrected chi connectivity index (χ3v) is 1.64. The fourth-order valence-corrected chi connectivity index (χ4v) is 0.975. The van der Waals surface area contributed by atoms with Crippen molar-refractivity contribution in [1.82, 2.24) is 9.55 Å². The van der Waals surface area contributed by atoms with Gasteiger partial charge in [-0.15, -0.1) is 0 Å². The van der Waals surface area contributed by atoms with Gasteiger partial charge in [-0.05, 0) is 6.92 Å². The third kappa shape index (κ3) is 1.51. The number of nitrogens with zero attached hydrogens (tertiary/aromatic N) is 1. The zero-order chi connectivity index (χ0) is 10.0. The van der Waals surface area contributed by atoms with E-state index in [1.165, 1.54) is 0 Å². The molecule has 1 aromatic heterocycles. The predicted molar refractivity (Wildman–Crippen MR) is 45.5 cm³/mol. The molecule has 13 heavy (non-hydrogen) atoms. The van der Waals surface area contributed by atoms with E-state index < -0.39 is 17.2 Å². The molecule has 1 heterocycles. The number of rotatable bonds is 2. The van der Waals surface area contributed by atoms with Crippen molar-refractivity contribution in [2.75, 3.05) is 0 Å². The summed E-state index contributed by atoms with van der Waals surface area (Å²) in [4.78, 5) is 35.2. The molecule has 0 aliphatic carbocycles. The van der Waals surface area contributed by atoms with Gasteiger partial charge in [0.25, 0.3) is 11.5 Å². The lowest BCUT2D eigenvalue weighted by Crippen LogP contribution is -2.38. The molecule has 1 aromatic rings. The van der Waals surface area contributed by atoms with Crippen molar-refractivity contribution in [3.63, 3.8) is 0 Å². The van der Waals surface area contributed by atoms with Crippen LogP contribution in [0.15, 0.2) is 15.8 Å². The largest absolute Gasteiger partial charge is 0.365 e. The molecule has 6 heteroatoms. The Balaban J connectivity index is 3.55. The molecule has 0 radical (unpaired) electrons. The molecule has 0 bridgehead atoms. The van der Waals surface area contributed by atoms with E-state index in [1.54, 1.807) is 6.92 Å². The van der Waals surface area contributed by atoms with Crippen LogP contribution in [0.3, 0.4) is 0 Å². The number of aromatic amines is 1. The number of carbonyl (C=O) groups is 1. The van der Waals surface area contributed by atoms with E-state index >= 15 is 0 Å².